The molecule has 1 unspecified atom stereocenters. The molecule has 0 aromatic rings. The van der Waals surface area contributed by atoms with Gasteiger partial charge in [0, 0.05) is 27.7 Å². The van der Waals surface area contributed by atoms with Crippen molar-refractivity contribution in [3.8, 4) is 0 Å². The highest BCUT2D eigenvalue weighted by Crippen LogP contribution is 2.06. The van der Waals surface area contributed by atoms with Crippen LogP contribution in [0, 0.1) is 5.92 Å². The number of nitrogens with zero attached hydrogens (tertiary/aromatic N) is 2. The molecular weight excluding hydrogens is 168 g/mol. The van der Waals surface area contributed by atoms with Gasteiger partial charge >= 0.3 is 5.97 Å². The van der Waals surface area contributed by atoms with Gasteiger partial charge in [-0.15, -0.1) is 6.58 Å². The van der Waals surface area contributed by atoms with Crippen molar-refractivity contribution in [2.24, 2.45) is 5.92 Å². The Morgan fingerprint density at radius 2 is 2.08 bits per heavy atom. The fourth-order valence-corrected chi connectivity index (χ4v) is 0.937. The van der Waals surface area contributed by atoms with E-state index in [0.717, 1.165) is 0 Å². The number of hydrazine groups is 1. The third-order valence-electron chi connectivity index (χ3n) is 1.97. The summed E-state index contributed by atoms with van der Waals surface area (Å²) < 4.78 is 0. The van der Waals surface area contributed by atoms with E-state index in [0.29, 0.717) is 13.0 Å². The van der Waals surface area contributed by atoms with E-state index in [1.165, 1.54) is 0 Å². The third-order valence-corrected chi connectivity index (χ3v) is 1.97. The van der Waals surface area contributed by atoms with Gasteiger partial charge in [-0.05, 0) is 6.42 Å². The maximum absolute atomic E-state index is 10.8. The lowest BCUT2D eigenvalue weighted by molar-refractivity contribution is -0.143. The molecule has 13 heavy (non-hydrogen) atoms. The van der Waals surface area contributed by atoms with Gasteiger partial charge in [0.1, 0.15) is 0 Å². The summed E-state index contributed by atoms with van der Waals surface area (Å²) >= 11 is 0. The molecule has 0 aliphatic heterocycles. The van der Waals surface area contributed by atoms with E-state index in [4.69, 9.17) is 5.11 Å². The molecule has 0 bridgehead atoms. The Morgan fingerprint density at radius 1 is 1.54 bits per heavy atom. The number of carbonyl (C=O) groups is 1. The van der Waals surface area contributed by atoms with E-state index >= 15 is 0 Å². The second kappa shape index (κ2) is 5.72. The smallest absolute Gasteiger partial charge is 0.308 e. The SMILES string of the molecule is C=CCC(CN(C)N(C)C)C(=O)O. The molecule has 4 heteroatoms. The van der Waals surface area contributed by atoms with Crippen LogP contribution in [0.2, 0.25) is 0 Å². The summed E-state index contributed by atoms with van der Waals surface area (Å²) in [6.45, 7) is 4.05. The second-order valence-electron chi connectivity index (χ2n) is 3.25. The zero-order valence-corrected chi connectivity index (χ0v) is 8.53. The van der Waals surface area contributed by atoms with Crippen molar-refractivity contribution in [1.82, 2.24) is 10.0 Å². The summed E-state index contributed by atoms with van der Waals surface area (Å²) in [5.41, 5.74) is 0. The van der Waals surface area contributed by atoms with Gasteiger partial charge in [0.15, 0.2) is 0 Å². The molecule has 1 N–H and O–H groups in total. The number of rotatable bonds is 6. The van der Waals surface area contributed by atoms with Gasteiger partial charge in [0.05, 0.1) is 5.92 Å². The molecule has 0 heterocycles. The molecule has 0 saturated carbocycles. The molecular formula is C9H18N2O2. The van der Waals surface area contributed by atoms with E-state index < -0.39 is 5.97 Å². The molecule has 0 radical (unpaired) electrons. The van der Waals surface area contributed by atoms with Crippen LogP contribution in [0.3, 0.4) is 0 Å². The number of carboxylic acid groups (broad SMARTS) is 1. The third kappa shape index (κ3) is 4.65. The maximum atomic E-state index is 10.8. The number of aliphatic carboxylic acids is 1. The standard InChI is InChI=1S/C9H18N2O2/c1-5-6-8(9(12)13)7-11(4)10(2)3/h5,8H,1,6-7H2,2-4H3,(H,12,13). The van der Waals surface area contributed by atoms with Crippen molar-refractivity contribution in [3.63, 3.8) is 0 Å². The number of hydrogen-bond donors (Lipinski definition) is 1. The molecule has 0 aliphatic rings. The highest BCUT2D eigenvalue weighted by molar-refractivity contribution is 5.70. The van der Waals surface area contributed by atoms with E-state index in [1.807, 2.05) is 31.2 Å². The molecule has 0 aromatic carbocycles. The quantitative estimate of drug-likeness (QED) is 0.489. The van der Waals surface area contributed by atoms with Gasteiger partial charge in [-0.2, -0.15) is 0 Å². The van der Waals surface area contributed by atoms with E-state index in [2.05, 4.69) is 6.58 Å². The first-order valence-corrected chi connectivity index (χ1v) is 4.21. The van der Waals surface area contributed by atoms with Gasteiger partial charge in [-0.3, -0.25) is 4.79 Å². The Hall–Kier alpha value is -0.870. The van der Waals surface area contributed by atoms with Crippen molar-refractivity contribution < 1.29 is 9.90 Å². The number of hydrogen-bond acceptors (Lipinski definition) is 3. The Morgan fingerprint density at radius 3 is 2.38 bits per heavy atom. The minimum absolute atomic E-state index is 0.370. The van der Waals surface area contributed by atoms with Crippen LogP contribution in [0.25, 0.3) is 0 Å². The van der Waals surface area contributed by atoms with Crippen LogP contribution in [0.1, 0.15) is 6.42 Å². The van der Waals surface area contributed by atoms with E-state index in [1.54, 1.807) is 6.08 Å². The Bertz CT molecular complexity index is 180. The van der Waals surface area contributed by atoms with Crippen LogP contribution < -0.4 is 0 Å². The Kier molecular flexibility index (Phi) is 5.34. The molecule has 0 aromatic heterocycles. The minimum atomic E-state index is -0.770. The van der Waals surface area contributed by atoms with Gasteiger partial charge < -0.3 is 5.11 Å². The van der Waals surface area contributed by atoms with Gasteiger partial charge in [-0.1, -0.05) is 6.08 Å². The van der Waals surface area contributed by atoms with Gasteiger partial charge in [0.2, 0.25) is 0 Å². The largest absolute Gasteiger partial charge is 0.481 e. The van der Waals surface area contributed by atoms with E-state index in [9.17, 15) is 4.79 Å². The van der Waals surface area contributed by atoms with Crippen molar-refractivity contribution >= 4 is 5.97 Å². The molecule has 0 saturated heterocycles. The summed E-state index contributed by atoms with van der Waals surface area (Å²) in [5.74, 6) is -1.14. The second-order valence-corrected chi connectivity index (χ2v) is 3.25. The molecule has 0 spiro atoms. The molecule has 76 valence electrons. The van der Waals surface area contributed by atoms with Crippen molar-refractivity contribution in [3.05, 3.63) is 12.7 Å². The van der Waals surface area contributed by atoms with Crippen molar-refractivity contribution in [1.29, 1.82) is 0 Å². The van der Waals surface area contributed by atoms with Crippen LogP contribution in [0.15, 0.2) is 12.7 Å². The van der Waals surface area contributed by atoms with Crippen molar-refractivity contribution in [2.45, 2.75) is 6.42 Å². The predicted octanol–water partition coefficient (Wildman–Crippen LogP) is 0.672. The first-order valence-electron chi connectivity index (χ1n) is 4.21. The summed E-state index contributed by atoms with van der Waals surface area (Å²) in [6.07, 6.45) is 2.15. The molecule has 0 aliphatic carbocycles. The molecule has 0 fully saturated rings. The summed E-state index contributed by atoms with van der Waals surface area (Å²) in [7, 11) is 5.62. The number of carboxylic acids is 1. The van der Waals surface area contributed by atoms with E-state index in [-0.39, 0.29) is 5.92 Å². The first kappa shape index (κ1) is 12.1. The van der Waals surface area contributed by atoms with Crippen LogP contribution in [-0.2, 0) is 4.79 Å². The van der Waals surface area contributed by atoms with Crippen molar-refractivity contribution in [2.75, 3.05) is 27.7 Å². The normalized spacial score (nSPS) is 13.3. The minimum Gasteiger partial charge on any atom is -0.481 e. The zero-order chi connectivity index (χ0) is 10.4. The van der Waals surface area contributed by atoms with Gasteiger partial charge in [0.25, 0.3) is 0 Å². The topological polar surface area (TPSA) is 43.8 Å². The molecule has 0 amide bonds. The van der Waals surface area contributed by atoms with Crippen LogP contribution in [-0.4, -0.2) is 48.8 Å². The van der Waals surface area contributed by atoms with Crippen LogP contribution in [0.5, 0.6) is 0 Å². The number of allylic oxidation sites excluding steroid dienone is 1. The molecule has 0 rings (SSSR count). The summed E-state index contributed by atoms with van der Waals surface area (Å²) in [6, 6.07) is 0. The summed E-state index contributed by atoms with van der Waals surface area (Å²) in [4.78, 5) is 10.8. The maximum Gasteiger partial charge on any atom is 0.308 e. The average molecular weight is 186 g/mol. The lowest BCUT2D eigenvalue weighted by atomic mass is 10.1. The highest BCUT2D eigenvalue weighted by atomic mass is 16.4. The fourth-order valence-electron chi connectivity index (χ4n) is 0.937. The zero-order valence-electron chi connectivity index (χ0n) is 8.53. The van der Waals surface area contributed by atoms with Crippen LogP contribution >= 0.6 is 0 Å². The molecule has 1 atom stereocenters. The highest BCUT2D eigenvalue weighted by Gasteiger charge is 2.18. The average Bonchev–Trinajstić information content (AvgIpc) is 2.03. The predicted molar refractivity (Wildman–Crippen MR) is 52.3 cm³/mol. The summed E-state index contributed by atoms with van der Waals surface area (Å²) in [5, 5.41) is 12.6. The Balaban J connectivity index is 4.09. The lowest BCUT2D eigenvalue weighted by Gasteiger charge is -2.26. The van der Waals surface area contributed by atoms with Gasteiger partial charge in [-0.25, -0.2) is 10.0 Å². The fraction of sp³-hybridized carbons (Fsp3) is 0.667. The first-order chi connectivity index (χ1) is 5.99. The lowest BCUT2D eigenvalue weighted by Crippen LogP contribution is -2.39. The monoisotopic (exact) mass is 186 g/mol. The Labute approximate surface area is 79.4 Å². The molecule has 4 nitrogen and oxygen atoms in total. The van der Waals surface area contributed by atoms with Crippen LogP contribution in [0.4, 0.5) is 0 Å².